The number of halogens is 1. The standard InChI is InChI=1S/C17H23N5.ClH/c1-21(2)17-19-9-8-14(20-17)10-22-11-15(16(18)12-22)13-6-4-3-5-7-13;/h3-9,15-16H,10-12,18H2,1-2H3;1H/t15-,16+;/m0./s1. The Balaban J connectivity index is 0.00000192. The van der Waals surface area contributed by atoms with E-state index in [-0.39, 0.29) is 18.4 Å². The highest BCUT2D eigenvalue weighted by atomic mass is 35.5. The van der Waals surface area contributed by atoms with Crippen molar-refractivity contribution < 1.29 is 0 Å². The maximum atomic E-state index is 6.35. The SMILES string of the molecule is CN(C)c1nccc(CN2C[C@@H](N)[C@H](c3ccccc3)C2)n1.Cl. The lowest BCUT2D eigenvalue weighted by Gasteiger charge is -2.17. The molecule has 0 unspecified atom stereocenters. The Morgan fingerprint density at radius 3 is 2.61 bits per heavy atom. The van der Waals surface area contributed by atoms with E-state index in [0.29, 0.717) is 5.92 Å². The number of aromatic nitrogens is 2. The molecule has 0 radical (unpaired) electrons. The normalized spacial score (nSPS) is 21.0. The molecule has 1 aliphatic rings. The second-order valence-corrected chi connectivity index (χ2v) is 6.12. The van der Waals surface area contributed by atoms with Crippen LogP contribution in [0.2, 0.25) is 0 Å². The molecule has 1 aromatic carbocycles. The second-order valence-electron chi connectivity index (χ2n) is 6.12. The van der Waals surface area contributed by atoms with Gasteiger partial charge < -0.3 is 10.6 Å². The highest BCUT2D eigenvalue weighted by molar-refractivity contribution is 5.85. The summed E-state index contributed by atoms with van der Waals surface area (Å²) >= 11 is 0. The molecule has 1 fully saturated rings. The lowest BCUT2D eigenvalue weighted by molar-refractivity contribution is 0.319. The van der Waals surface area contributed by atoms with Crippen LogP contribution in [0.15, 0.2) is 42.6 Å². The highest BCUT2D eigenvalue weighted by Crippen LogP contribution is 2.27. The van der Waals surface area contributed by atoms with E-state index in [1.165, 1.54) is 5.56 Å². The second kappa shape index (κ2) is 7.73. The summed E-state index contributed by atoms with van der Waals surface area (Å²) in [7, 11) is 3.91. The monoisotopic (exact) mass is 333 g/mol. The summed E-state index contributed by atoms with van der Waals surface area (Å²) in [5, 5.41) is 0. The Hall–Kier alpha value is -1.69. The van der Waals surface area contributed by atoms with E-state index in [1.54, 1.807) is 0 Å². The van der Waals surface area contributed by atoms with E-state index < -0.39 is 0 Å². The predicted octanol–water partition coefficient (Wildman–Crippen LogP) is 1.89. The zero-order valence-electron chi connectivity index (χ0n) is 13.6. The summed E-state index contributed by atoms with van der Waals surface area (Å²) in [6.07, 6.45) is 1.82. The van der Waals surface area contributed by atoms with Gasteiger partial charge in [-0.05, 0) is 11.6 Å². The Morgan fingerprint density at radius 1 is 1.17 bits per heavy atom. The van der Waals surface area contributed by atoms with Gasteiger partial charge in [0, 0.05) is 51.9 Å². The lowest BCUT2D eigenvalue weighted by Crippen LogP contribution is -2.28. The van der Waals surface area contributed by atoms with E-state index in [9.17, 15) is 0 Å². The number of anilines is 1. The topological polar surface area (TPSA) is 58.3 Å². The molecule has 5 nitrogen and oxygen atoms in total. The smallest absolute Gasteiger partial charge is 0.225 e. The first kappa shape index (κ1) is 17.7. The Bertz CT molecular complexity index is 619. The maximum absolute atomic E-state index is 6.35. The minimum Gasteiger partial charge on any atom is -0.347 e. The van der Waals surface area contributed by atoms with Crippen LogP contribution in [0.4, 0.5) is 5.95 Å². The number of hydrogen-bond acceptors (Lipinski definition) is 5. The van der Waals surface area contributed by atoms with Gasteiger partial charge in [-0.3, -0.25) is 4.90 Å². The lowest BCUT2D eigenvalue weighted by atomic mass is 9.95. The van der Waals surface area contributed by atoms with Crippen molar-refractivity contribution in [1.29, 1.82) is 0 Å². The average Bonchev–Trinajstić information content (AvgIpc) is 2.89. The van der Waals surface area contributed by atoms with Gasteiger partial charge in [0.2, 0.25) is 5.95 Å². The summed E-state index contributed by atoms with van der Waals surface area (Å²) in [5.74, 6) is 1.15. The molecule has 0 bridgehead atoms. The van der Waals surface area contributed by atoms with Crippen LogP contribution >= 0.6 is 12.4 Å². The molecule has 2 aromatic rings. The van der Waals surface area contributed by atoms with Crippen molar-refractivity contribution in [2.24, 2.45) is 5.73 Å². The van der Waals surface area contributed by atoms with E-state index in [1.807, 2.05) is 37.3 Å². The molecule has 6 heteroatoms. The first-order chi connectivity index (χ1) is 10.6. The predicted molar refractivity (Wildman–Crippen MR) is 96.0 cm³/mol. The third-order valence-corrected chi connectivity index (χ3v) is 4.15. The van der Waals surface area contributed by atoms with Crippen LogP contribution in [0.25, 0.3) is 0 Å². The molecular weight excluding hydrogens is 310 g/mol. The molecular formula is C17H24ClN5. The van der Waals surface area contributed by atoms with Gasteiger partial charge >= 0.3 is 0 Å². The van der Waals surface area contributed by atoms with E-state index >= 15 is 0 Å². The van der Waals surface area contributed by atoms with Crippen LogP contribution in [0.5, 0.6) is 0 Å². The zero-order valence-corrected chi connectivity index (χ0v) is 14.4. The first-order valence-electron chi connectivity index (χ1n) is 7.65. The van der Waals surface area contributed by atoms with Crippen LogP contribution < -0.4 is 10.6 Å². The van der Waals surface area contributed by atoms with Crippen LogP contribution in [0.1, 0.15) is 17.2 Å². The van der Waals surface area contributed by atoms with Gasteiger partial charge in [-0.1, -0.05) is 30.3 Å². The van der Waals surface area contributed by atoms with Gasteiger partial charge in [0.15, 0.2) is 0 Å². The van der Waals surface area contributed by atoms with E-state index in [4.69, 9.17) is 5.73 Å². The van der Waals surface area contributed by atoms with Crippen LogP contribution in [-0.2, 0) is 6.54 Å². The van der Waals surface area contributed by atoms with Crippen molar-refractivity contribution in [3.8, 4) is 0 Å². The molecule has 1 aliphatic heterocycles. The van der Waals surface area contributed by atoms with Crippen molar-refractivity contribution in [2.45, 2.75) is 18.5 Å². The first-order valence-corrected chi connectivity index (χ1v) is 7.65. The average molecular weight is 334 g/mol. The minimum atomic E-state index is 0. The van der Waals surface area contributed by atoms with E-state index in [0.717, 1.165) is 31.3 Å². The highest BCUT2D eigenvalue weighted by Gasteiger charge is 2.31. The Morgan fingerprint density at radius 2 is 1.91 bits per heavy atom. The molecule has 0 aliphatic carbocycles. The van der Waals surface area contributed by atoms with Crippen molar-refractivity contribution in [1.82, 2.24) is 14.9 Å². The molecule has 0 spiro atoms. The summed E-state index contributed by atoms with van der Waals surface area (Å²) in [4.78, 5) is 13.2. The molecule has 2 N–H and O–H groups in total. The Kier molecular flexibility index (Phi) is 5.93. The van der Waals surface area contributed by atoms with Gasteiger partial charge in [0.1, 0.15) is 0 Å². The fraction of sp³-hybridized carbons (Fsp3) is 0.412. The summed E-state index contributed by atoms with van der Waals surface area (Å²) in [5.41, 5.74) is 8.72. The number of nitrogens with two attached hydrogens (primary N) is 1. The van der Waals surface area contributed by atoms with Crippen molar-refractivity contribution >= 4 is 18.4 Å². The zero-order chi connectivity index (χ0) is 15.5. The fourth-order valence-electron chi connectivity index (χ4n) is 3.01. The third-order valence-electron chi connectivity index (χ3n) is 4.15. The number of benzene rings is 1. The van der Waals surface area contributed by atoms with Crippen LogP contribution in [0, 0.1) is 0 Å². The van der Waals surface area contributed by atoms with Crippen molar-refractivity contribution in [3.05, 3.63) is 53.9 Å². The molecule has 23 heavy (non-hydrogen) atoms. The summed E-state index contributed by atoms with van der Waals surface area (Å²) in [6, 6.07) is 12.7. The van der Waals surface area contributed by atoms with E-state index in [2.05, 4.69) is 39.1 Å². The van der Waals surface area contributed by atoms with Crippen LogP contribution in [-0.4, -0.2) is 48.1 Å². The number of nitrogens with zero attached hydrogens (tertiary/aromatic N) is 4. The molecule has 0 saturated carbocycles. The maximum Gasteiger partial charge on any atom is 0.225 e. The van der Waals surface area contributed by atoms with Gasteiger partial charge in [0.25, 0.3) is 0 Å². The summed E-state index contributed by atoms with van der Waals surface area (Å²) in [6.45, 7) is 2.70. The minimum absolute atomic E-state index is 0. The third kappa shape index (κ3) is 4.19. The van der Waals surface area contributed by atoms with Crippen LogP contribution in [0.3, 0.4) is 0 Å². The number of rotatable bonds is 4. The van der Waals surface area contributed by atoms with Gasteiger partial charge in [-0.15, -0.1) is 12.4 Å². The van der Waals surface area contributed by atoms with Gasteiger partial charge in [-0.25, -0.2) is 9.97 Å². The summed E-state index contributed by atoms with van der Waals surface area (Å²) < 4.78 is 0. The van der Waals surface area contributed by atoms with Crippen molar-refractivity contribution in [3.63, 3.8) is 0 Å². The number of likely N-dealkylation sites (tertiary alicyclic amines) is 1. The fourth-order valence-corrected chi connectivity index (χ4v) is 3.01. The van der Waals surface area contributed by atoms with Crippen molar-refractivity contribution in [2.75, 3.05) is 32.1 Å². The largest absolute Gasteiger partial charge is 0.347 e. The van der Waals surface area contributed by atoms with Gasteiger partial charge in [-0.2, -0.15) is 0 Å². The molecule has 1 aromatic heterocycles. The molecule has 2 heterocycles. The molecule has 3 rings (SSSR count). The van der Waals surface area contributed by atoms with Gasteiger partial charge in [0.05, 0.1) is 5.69 Å². The number of hydrogen-bond donors (Lipinski definition) is 1. The Labute approximate surface area is 143 Å². The molecule has 1 saturated heterocycles. The quantitative estimate of drug-likeness (QED) is 0.926. The molecule has 0 amide bonds. The molecule has 2 atom stereocenters. The molecule has 124 valence electrons.